The molecule has 1 saturated heterocycles. The Balaban J connectivity index is 1.47. The Kier molecular flexibility index (Phi) is 3.87. The van der Waals surface area contributed by atoms with Crippen LogP contribution in [0.1, 0.15) is 21.7 Å². The summed E-state index contributed by atoms with van der Waals surface area (Å²) in [6.07, 6.45) is 3.68. The highest BCUT2D eigenvalue weighted by Crippen LogP contribution is 2.20. The number of hydrogen-bond acceptors (Lipinski definition) is 4. The molecule has 128 valence electrons. The second-order valence-corrected chi connectivity index (χ2v) is 6.48. The van der Waals surface area contributed by atoms with Crippen molar-refractivity contribution in [3.05, 3.63) is 53.6 Å². The first-order chi connectivity index (χ1) is 12.1. The molecule has 4 rings (SSSR count). The standard InChI is InChI=1S/C19H21N5O/c1-13-12-21-14(2)18(22-13)23-7-9-24(10-8-23)19(25)16-4-3-15-5-6-20-17(15)11-16/h3-6,11-12,20H,7-10H2,1-2H3. The second-order valence-electron chi connectivity index (χ2n) is 6.48. The number of nitrogens with zero attached hydrogens (tertiary/aromatic N) is 4. The lowest BCUT2D eigenvalue weighted by atomic mass is 10.1. The Labute approximate surface area is 146 Å². The monoisotopic (exact) mass is 335 g/mol. The summed E-state index contributed by atoms with van der Waals surface area (Å²) >= 11 is 0. The molecule has 0 radical (unpaired) electrons. The maximum absolute atomic E-state index is 12.8. The van der Waals surface area contributed by atoms with Crippen molar-refractivity contribution >= 4 is 22.6 Å². The lowest BCUT2D eigenvalue weighted by molar-refractivity contribution is 0.0746. The van der Waals surface area contributed by atoms with Crippen molar-refractivity contribution < 1.29 is 4.79 Å². The zero-order valence-electron chi connectivity index (χ0n) is 14.5. The predicted octanol–water partition coefficient (Wildman–Crippen LogP) is 2.54. The molecule has 6 heteroatoms. The minimum absolute atomic E-state index is 0.0863. The van der Waals surface area contributed by atoms with E-state index in [0.717, 1.165) is 46.8 Å². The number of fused-ring (bicyclic) bond motifs is 1. The van der Waals surface area contributed by atoms with Crippen LogP contribution >= 0.6 is 0 Å². The summed E-state index contributed by atoms with van der Waals surface area (Å²) in [7, 11) is 0. The van der Waals surface area contributed by atoms with E-state index in [0.29, 0.717) is 13.1 Å². The van der Waals surface area contributed by atoms with Gasteiger partial charge in [-0.3, -0.25) is 9.78 Å². The number of rotatable bonds is 2. The van der Waals surface area contributed by atoms with Gasteiger partial charge in [0.05, 0.1) is 11.4 Å². The Morgan fingerprint density at radius 3 is 2.72 bits per heavy atom. The van der Waals surface area contributed by atoms with Crippen molar-refractivity contribution in [2.75, 3.05) is 31.1 Å². The molecule has 0 bridgehead atoms. The van der Waals surface area contributed by atoms with Gasteiger partial charge in [-0.2, -0.15) is 0 Å². The van der Waals surface area contributed by atoms with Crippen LogP contribution in [-0.4, -0.2) is 51.9 Å². The van der Waals surface area contributed by atoms with Gasteiger partial charge in [-0.1, -0.05) is 6.07 Å². The minimum atomic E-state index is 0.0863. The lowest BCUT2D eigenvalue weighted by Crippen LogP contribution is -2.49. The number of benzene rings is 1. The largest absolute Gasteiger partial charge is 0.361 e. The molecule has 6 nitrogen and oxygen atoms in total. The molecule has 3 heterocycles. The van der Waals surface area contributed by atoms with Crippen LogP contribution < -0.4 is 4.90 Å². The summed E-state index contributed by atoms with van der Waals surface area (Å²) in [6.45, 7) is 6.86. The van der Waals surface area contributed by atoms with E-state index in [4.69, 9.17) is 0 Å². The fraction of sp³-hybridized carbons (Fsp3) is 0.316. The number of hydrogen-bond donors (Lipinski definition) is 1. The van der Waals surface area contributed by atoms with E-state index in [1.54, 1.807) is 6.20 Å². The molecule has 0 aliphatic carbocycles. The molecule has 3 aromatic rings. The number of piperazine rings is 1. The number of nitrogens with one attached hydrogen (secondary N) is 1. The SMILES string of the molecule is Cc1cnc(C)c(N2CCN(C(=O)c3ccc4cc[nH]c4c3)CC2)n1. The Morgan fingerprint density at radius 2 is 1.92 bits per heavy atom. The number of carbonyl (C=O) groups excluding carboxylic acids is 1. The van der Waals surface area contributed by atoms with Gasteiger partial charge in [-0.25, -0.2) is 4.98 Å². The fourth-order valence-corrected chi connectivity index (χ4v) is 3.31. The predicted molar refractivity (Wildman–Crippen MR) is 97.9 cm³/mol. The Morgan fingerprint density at radius 1 is 1.12 bits per heavy atom. The summed E-state index contributed by atoms with van der Waals surface area (Å²) in [4.78, 5) is 29.1. The number of carbonyl (C=O) groups is 1. The van der Waals surface area contributed by atoms with Crippen LogP contribution in [0.4, 0.5) is 5.82 Å². The highest BCUT2D eigenvalue weighted by molar-refractivity contribution is 5.98. The van der Waals surface area contributed by atoms with E-state index in [1.165, 1.54) is 0 Å². The number of H-pyrrole nitrogens is 1. The first kappa shape index (κ1) is 15.6. The van der Waals surface area contributed by atoms with Gasteiger partial charge in [0.2, 0.25) is 0 Å². The second kappa shape index (κ2) is 6.20. The Bertz CT molecular complexity index is 924. The summed E-state index contributed by atoms with van der Waals surface area (Å²) in [5.41, 5.74) is 3.58. The van der Waals surface area contributed by atoms with Crippen LogP contribution in [0.5, 0.6) is 0 Å². The van der Waals surface area contributed by atoms with Crippen molar-refractivity contribution in [3.63, 3.8) is 0 Å². The highest BCUT2D eigenvalue weighted by atomic mass is 16.2. The molecule has 25 heavy (non-hydrogen) atoms. The molecule has 1 fully saturated rings. The van der Waals surface area contributed by atoms with Crippen molar-refractivity contribution in [3.8, 4) is 0 Å². The topological polar surface area (TPSA) is 65.1 Å². The van der Waals surface area contributed by atoms with E-state index in [-0.39, 0.29) is 5.91 Å². The van der Waals surface area contributed by atoms with Crippen LogP contribution in [0.15, 0.2) is 36.7 Å². The molecule has 1 aliphatic rings. The van der Waals surface area contributed by atoms with Crippen molar-refractivity contribution in [2.24, 2.45) is 0 Å². The normalized spacial score (nSPS) is 15.0. The average molecular weight is 335 g/mol. The van der Waals surface area contributed by atoms with Crippen LogP contribution in [0.3, 0.4) is 0 Å². The molecule has 0 atom stereocenters. The number of aromatic nitrogens is 3. The van der Waals surface area contributed by atoms with E-state index >= 15 is 0 Å². The first-order valence-corrected chi connectivity index (χ1v) is 8.53. The van der Waals surface area contributed by atoms with Gasteiger partial charge >= 0.3 is 0 Å². The van der Waals surface area contributed by atoms with Gasteiger partial charge in [0.1, 0.15) is 5.82 Å². The molecule has 1 amide bonds. The molecular formula is C19H21N5O. The molecule has 1 N–H and O–H groups in total. The molecule has 0 unspecified atom stereocenters. The van der Waals surface area contributed by atoms with Crippen LogP contribution in [0.2, 0.25) is 0 Å². The first-order valence-electron chi connectivity index (χ1n) is 8.53. The zero-order chi connectivity index (χ0) is 17.4. The molecule has 1 aliphatic heterocycles. The van der Waals surface area contributed by atoms with Gasteiger partial charge in [0.25, 0.3) is 5.91 Å². The van der Waals surface area contributed by atoms with E-state index in [9.17, 15) is 4.79 Å². The quantitative estimate of drug-likeness (QED) is 0.782. The fourth-order valence-electron chi connectivity index (χ4n) is 3.31. The number of amides is 1. The van der Waals surface area contributed by atoms with Gasteiger partial charge < -0.3 is 14.8 Å². The minimum Gasteiger partial charge on any atom is -0.361 e. The maximum atomic E-state index is 12.8. The van der Waals surface area contributed by atoms with Gasteiger partial charge in [0, 0.05) is 49.7 Å². The molecule has 0 saturated carbocycles. The summed E-state index contributed by atoms with van der Waals surface area (Å²) < 4.78 is 0. The number of aryl methyl sites for hydroxylation is 2. The molecule has 2 aromatic heterocycles. The lowest BCUT2D eigenvalue weighted by Gasteiger charge is -2.36. The Hall–Kier alpha value is -2.89. The zero-order valence-corrected chi connectivity index (χ0v) is 14.5. The smallest absolute Gasteiger partial charge is 0.254 e. The number of anilines is 1. The van der Waals surface area contributed by atoms with Crippen LogP contribution in [0.25, 0.3) is 10.9 Å². The third kappa shape index (κ3) is 2.95. The van der Waals surface area contributed by atoms with Crippen LogP contribution in [0, 0.1) is 13.8 Å². The summed E-state index contributed by atoms with van der Waals surface area (Å²) in [5.74, 6) is 1.02. The molecule has 1 aromatic carbocycles. The van der Waals surface area contributed by atoms with Crippen molar-refractivity contribution in [1.29, 1.82) is 0 Å². The molecule has 0 spiro atoms. The molecular weight excluding hydrogens is 314 g/mol. The maximum Gasteiger partial charge on any atom is 0.254 e. The van der Waals surface area contributed by atoms with Gasteiger partial charge in [-0.05, 0) is 37.4 Å². The third-order valence-corrected chi connectivity index (χ3v) is 4.72. The van der Waals surface area contributed by atoms with Gasteiger partial charge in [-0.15, -0.1) is 0 Å². The van der Waals surface area contributed by atoms with E-state index in [1.807, 2.05) is 49.2 Å². The third-order valence-electron chi connectivity index (χ3n) is 4.72. The van der Waals surface area contributed by atoms with Crippen molar-refractivity contribution in [1.82, 2.24) is 19.9 Å². The van der Waals surface area contributed by atoms with E-state index in [2.05, 4.69) is 19.9 Å². The van der Waals surface area contributed by atoms with Crippen molar-refractivity contribution in [2.45, 2.75) is 13.8 Å². The van der Waals surface area contributed by atoms with Crippen LogP contribution in [-0.2, 0) is 0 Å². The summed E-state index contributed by atoms with van der Waals surface area (Å²) in [6, 6.07) is 7.83. The highest BCUT2D eigenvalue weighted by Gasteiger charge is 2.24. The van der Waals surface area contributed by atoms with Gasteiger partial charge in [0.15, 0.2) is 0 Å². The summed E-state index contributed by atoms with van der Waals surface area (Å²) in [5, 5.41) is 1.12. The van der Waals surface area contributed by atoms with E-state index < -0.39 is 0 Å². The average Bonchev–Trinajstić information content (AvgIpc) is 3.11. The number of aromatic amines is 1.